The lowest BCUT2D eigenvalue weighted by Crippen LogP contribution is -2.02. The van der Waals surface area contributed by atoms with Gasteiger partial charge in [0.1, 0.15) is 0 Å². The second-order valence-electron chi connectivity index (χ2n) is 3.07. The molecule has 1 heterocycles. The fraction of sp³-hybridized carbons (Fsp3) is 0.500. The topological polar surface area (TPSA) is 9.23 Å². The van der Waals surface area contributed by atoms with Crippen molar-refractivity contribution in [2.45, 2.75) is 33.1 Å². The molecule has 0 aromatic rings. The highest BCUT2D eigenvalue weighted by Gasteiger charge is 2.06. The third kappa shape index (κ3) is 3.38. The Morgan fingerprint density at radius 1 is 1.54 bits per heavy atom. The molecule has 0 aliphatic carbocycles. The Morgan fingerprint density at radius 2 is 2.38 bits per heavy atom. The van der Waals surface area contributed by atoms with Crippen molar-refractivity contribution in [3.05, 3.63) is 23.5 Å². The van der Waals surface area contributed by atoms with Gasteiger partial charge in [-0.15, -0.1) is 5.92 Å². The first-order valence-corrected chi connectivity index (χ1v) is 4.73. The summed E-state index contributed by atoms with van der Waals surface area (Å²) in [7, 11) is 0. The molecule has 13 heavy (non-hydrogen) atoms. The van der Waals surface area contributed by atoms with E-state index in [2.05, 4.69) is 24.0 Å². The molecule has 0 spiro atoms. The van der Waals surface area contributed by atoms with Gasteiger partial charge in [0, 0.05) is 6.42 Å². The van der Waals surface area contributed by atoms with Crippen LogP contribution in [-0.4, -0.2) is 6.61 Å². The maximum atomic E-state index is 5.44. The first-order chi connectivity index (χ1) is 6.34. The largest absolute Gasteiger partial charge is 0.498 e. The van der Waals surface area contributed by atoms with Crippen LogP contribution in [0, 0.1) is 11.8 Å². The summed E-state index contributed by atoms with van der Waals surface area (Å²) in [6, 6.07) is 0. The van der Waals surface area contributed by atoms with Crippen LogP contribution < -0.4 is 0 Å². The molecular weight excluding hydrogens is 160 g/mol. The second-order valence-corrected chi connectivity index (χ2v) is 3.07. The van der Waals surface area contributed by atoms with Crippen LogP contribution in [0.3, 0.4) is 0 Å². The Kier molecular flexibility index (Phi) is 4.18. The lowest BCUT2D eigenvalue weighted by Gasteiger charge is -2.16. The van der Waals surface area contributed by atoms with Gasteiger partial charge < -0.3 is 4.74 Å². The molecule has 0 atom stereocenters. The summed E-state index contributed by atoms with van der Waals surface area (Å²) in [5.74, 6) is 6.95. The van der Waals surface area contributed by atoms with Gasteiger partial charge in [-0.25, -0.2) is 0 Å². The predicted molar refractivity (Wildman–Crippen MR) is 55.1 cm³/mol. The highest BCUT2D eigenvalue weighted by Crippen LogP contribution is 2.19. The summed E-state index contributed by atoms with van der Waals surface area (Å²) in [4.78, 5) is 0. The Balaban J connectivity index is 2.49. The van der Waals surface area contributed by atoms with Crippen molar-refractivity contribution in [3.63, 3.8) is 0 Å². The zero-order chi connectivity index (χ0) is 9.52. The molecule has 0 bridgehead atoms. The van der Waals surface area contributed by atoms with Crippen LogP contribution in [-0.2, 0) is 4.74 Å². The molecule has 0 fully saturated rings. The maximum absolute atomic E-state index is 5.44. The van der Waals surface area contributed by atoms with Gasteiger partial charge in [0.05, 0.1) is 12.4 Å². The third-order valence-electron chi connectivity index (χ3n) is 2.08. The average molecular weight is 176 g/mol. The molecule has 0 amide bonds. The highest BCUT2D eigenvalue weighted by molar-refractivity contribution is 5.23. The molecule has 0 aromatic carbocycles. The molecule has 0 aromatic heterocycles. The Labute approximate surface area is 80.5 Å². The van der Waals surface area contributed by atoms with Crippen molar-refractivity contribution in [2.24, 2.45) is 0 Å². The summed E-state index contributed by atoms with van der Waals surface area (Å²) >= 11 is 0. The zero-order valence-corrected chi connectivity index (χ0v) is 8.39. The molecule has 0 N–H and O–H groups in total. The van der Waals surface area contributed by atoms with Crippen molar-refractivity contribution in [1.82, 2.24) is 0 Å². The first kappa shape index (κ1) is 9.92. The van der Waals surface area contributed by atoms with Gasteiger partial charge in [0.15, 0.2) is 0 Å². The first-order valence-electron chi connectivity index (χ1n) is 4.73. The maximum Gasteiger partial charge on any atom is 0.0960 e. The number of rotatable bonds is 2. The number of hydrogen-bond donors (Lipinski definition) is 0. The van der Waals surface area contributed by atoms with E-state index in [9.17, 15) is 0 Å². The van der Waals surface area contributed by atoms with Crippen molar-refractivity contribution in [2.75, 3.05) is 6.61 Å². The summed E-state index contributed by atoms with van der Waals surface area (Å²) in [6.07, 6.45) is 7.36. The Morgan fingerprint density at radius 3 is 3.08 bits per heavy atom. The molecule has 0 saturated heterocycles. The van der Waals surface area contributed by atoms with Gasteiger partial charge in [-0.3, -0.25) is 0 Å². The van der Waals surface area contributed by atoms with Crippen LogP contribution in [0.4, 0.5) is 0 Å². The normalized spacial score (nSPS) is 16.8. The van der Waals surface area contributed by atoms with Crippen molar-refractivity contribution in [1.29, 1.82) is 0 Å². The van der Waals surface area contributed by atoms with Crippen LogP contribution in [0.2, 0.25) is 0 Å². The molecular formula is C12H16O. The minimum absolute atomic E-state index is 0.841. The van der Waals surface area contributed by atoms with E-state index in [0.29, 0.717) is 0 Å². The Hall–Kier alpha value is -1.16. The molecule has 70 valence electrons. The van der Waals surface area contributed by atoms with Crippen LogP contribution in [0.15, 0.2) is 23.5 Å². The van der Waals surface area contributed by atoms with E-state index in [0.717, 1.165) is 31.6 Å². The molecule has 0 unspecified atom stereocenters. The quantitative estimate of drug-likeness (QED) is 0.588. The van der Waals surface area contributed by atoms with E-state index in [1.54, 1.807) is 0 Å². The van der Waals surface area contributed by atoms with Gasteiger partial charge in [-0.05, 0) is 32.3 Å². The molecule has 0 saturated carbocycles. The summed E-state index contributed by atoms with van der Waals surface area (Å²) in [5, 5.41) is 0. The second kappa shape index (κ2) is 5.48. The van der Waals surface area contributed by atoms with Crippen molar-refractivity contribution < 1.29 is 4.74 Å². The molecule has 0 radical (unpaired) electrons. The van der Waals surface area contributed by atoms with E-state index in [1.807, 2.05) is 13.8 Å². The predicted octanol–water partition coefficient (Wildman–Crippen LogP) is 3.04. The van der Waals surface area contributed by atoms with Gasteiger partial charge in [0.2, 0.25) is 0 Å². The lowest BCUT2D eigenvalue weighted by molar-refractivity contribution is 0.191. The van der Waals surface area contributed by atoms with Crippen LogP contribution >= 0.6 is 0 Å². The smallest absolute Gasteiger partial charge is 0.0960 e. The standard InChI is InChI=1S/C12H16O/c1-3-4-5-6-8-12-9-7-10-13-11(12)2/h6,8H,5,7,9-10H2,1-2H3/b8-6-. The number of hydrogen-bond acceptors (Lipinski definition) is 1. The fourth-order valence-corrected chi connectivity index (χ4v) is 1.32. The van der Waals surface area contributed by atoms with Crippen LogP contribution in [0.25, 0.3) is 0 Å². The highest BCUT2D eigenvalue weighted by atomic mass is 16.5. The summed E-state index contributed by atoms with van der Waals surface area (Å²) < 4.78 is 5.44. The zero-order valence-electron chi connectivity index (χ0n) is 8.39. The molecule has 1 rings (SSSR count). The van der Waals surface area contributed by atoms with Gasteiger partial charge in [-0.1, -0.05) is 18.1 Å². The molecule has 1 nitrogen and oxygen atoms in total. The third-order valence-corrected chi connectivity index (χ3v) is 2.08. The van der Waals surface area contributed by atoms with Crippen molar-refractivity contribution >= 4 is 0 Å². The van der Waals surface area contributed by atoms with Gasteiger partial charge >= 0.3 is 0 Å². The minimum atomic E-state index is 0.841. The lowest BCUT2D eigenvalue weighted by atomic mass is 10.1. The monoisotopic (exact) mass is 176 g/mol. The van der Waals surface area contributed by atoms with E-state index in [4.69, 9.17) is 4.74 Å². The molecule has 1 aliphatic rings. The van der Waals surface area contributed by atoms with E-state index in [-0.39, 0.29) is 0 Å². The minimum Gasteiger partial charge on any atom is -0.498 e. The van der Waals surface area contributed by atoms with Crippen LogP contribution in [0.1, 0.15) is 33.1 Å². The molecule has 1 aliphatic heterocycles. The average Bonchev–Trinajstić information content (AvgIpc) is 2.15. The van der Waals surface area contributed by atoms with E-state index >= 15 is 0 Å². The number of ether oxygens (including phenoxy) is 1. The van der Waals surface area contributed by atoms with Crippen molar-refractivity contribution in [3.8, 4) is 11.8 Å². The van der Waals surface area contributed by atoms with E-state index < -0.39 is 0 Å². The fourth-order valence-electron chi connectivity index (χ4n) is 1.32. The van der Waals surface area contributed by atoms with E-state index in [1.165, 1.54) is 5.57 Å². The summed E-state index contributed by atoms with van der Waals surface area (Å²) in [6.45, 7) is 4.77. The Bertz CT molecular complexity index is 273. The van der Waals surface area contributed by atoms with Gasteiger partial charge in [0.25, 0.3) is 0 Å². The van der Waals surface area contributed by atoms with Crippen LogP contribution in [0.5, 0.6) is 0 Å². The SMILES string of the molecule is CC#CC/C=C\C1=C(C)OCCC1. The number of allylic oxidation sites excluding steroid dienone is 4. The van der Waals surface area contributed by atoms with Gasteiger partial charge in [-0.2, -0.15) is 0 Å². The molecule has 1 heteroatoms. The summed E-state index contributed by atoms with van der Waals surface area (Å²) in [5.41, 5.74) is 1.32.